The van der Waals surface area contributed by atoms with Gasteiger partial charge in [0.2, 0.25) is 0 Å². The number of imidazole rings is 1. The molecule has 8 heteroatoms. The predicted molar refractivity (Wildman–Crippen MR) is 175 cm³/mol. The summed E-state index contributed by atoms with van der Waals surface area (Å²) in [6.45, 7) is 3.91. The first kappa shape index (κ1) is 29.6. The molecular weight excluding hydrogens is 566 g/mol. The third-order valence-electron chi connectivity index (χ3n) is 8.34. The number of hydrogen-bond acceptors (Lipinski definition) is 5. The van der Waals surface area contributed by atoms with Crippen molar-refractivity contribution in [3.05, 3.63) is 125 Å². The van der Waals surface area contributed by atoms with Gasteiger partial charge in [0.1, 0.15) is 5.82 Å². The Hall–Kier alpha value is -4.45. The first-order valence-electron chi connectivity index (χ1n) is 15.3. The van der Waals surface area contributed by atoms with E-state index < -0.39 is 10.0 Å². The molecule has 0 radical (unpaired) electrons. The zero-order valence-electron chi connectivity index (χ0n) is 24.8. The number of hydrogen-bond donors (Lipinski definition) is 1. The first-order valence-corrected chi connectivity index (χ1v) is 16.8. The smallest absolute Gasteiger partial charge is 0.262 e. The van der Waals surface area contributed by atoms with Gasteiger partial charge in [-0.3, -0.25) is 4.72 Å². The van der Waals surface area contributed by atoms with Gasteiger partial charge in [0.25, 0.3) is 10.0 Å². The third-order valence-corrected chi connectivity index (χ3v) is 9.82. The van der Waals surface area contributed by atoms with Crippen LogP contribution in [-0.2, 0) is 29.4 Å². The number of anilines is 1. The van der Waals surface area contributed by atoms with Crippen LogP contribution < -0.4 is 4.72 Å². The van der Waals surface area contributed by atoms with Crippen molar-refractivity contribution in [3.63, 3.8) is 0 Å². The quantitative estimate of drug-likeness (QED) is 0.180. The Balaban J connectivity index is 1.25. The van der Waals surface area contributed by atoms with Gasteiger partial charge in [-0.05, 0) is 98.4 Å². The Morgan fingerprint density at radius 3 is 2.36 bits per heavy atom. The fourth-order valence-corrected chi connectivity index (χ4v) is 7.38. The summed E-state index contributed by atoms with van der Waals surface area (Å²) < 4.78 is 32.3. The topological polar surface area (TPSA) is 91.0 Å². The molecule has 5 aromatic rings. The van der Waals surface area contributed by atoms with Crippen LogP contribution in [-0.4, -0.2) is 42.5 Å². The molecule has 0 spiro atoms. The largest absolute Gasteiger partial charge is 0.323 e. The Morgan fingerprint density at radius 2 is 1.59 bits per heavy atom. The molecule has 2 heterocycles. The standard InChI is InChI=1S/C36H37N5O2S/c37-26-29-17-15-28(16-18-29)24-36-38-33-25-32(19-20-34(33)41(36)27-30-10-3-1-4-11-30)39-44(42,43)35-14-6-5-12-31(35)13-9-23-40-21-7-2-8-22-40/h1,3-6,10-12,14-20,25,39H,2,7-9,13,21-24,27H2. The fraction of sp³-hybridized carbons (Fsp3) is 0.278. The van der Waals surface area contributed by atoms with Gasteiger partial charge in [0.05, 0.1) is 33.2 Å². The van der Waals surface area contributed by atoms with Crippen molar-refractivity contribution in [2.24, 2.45) is 0 Å². The number of aromatic nitrogens is 2. The lowest BCUT2D eigenvalue weighted by Crippen LogP contribution is -2.30. The molecule has 224 valence electrons. The lowest BCUT2D eigenvalue weighted by molar-refractivity contribution is 0.226. The molecular formula is C36H37N5O2S. The summed E-state index contributed by atoms with van der Waals surface area (Å²) >= 11 is 0. The van der Waals surface area contributed by atoms with Crippen LogP contribution in [0.1, 0.15) is 53.8 Å². The maximum atomic E-state index is 13.7. The zero-order valence-corrected chi connectivity index (χ0v) is 25.6. The molecule has 0 saturated carbocycles. The van der Waals surface area contributed by atoms with Gasteiger partial charge < -0.3 is 9.47 Å². The van der Waals surface area contributed by atoms with Crippen molar-refractivity contribution in [3.8, 4) is 6.07 Å². The minimum absolute atomic E-state index is 0.329. The number of nitriles is 1. The van der Waals surface area contributed by atoms with Gasteiger partial charge >= 0.3 is 0 Å². The van der Waals surface area contributed by atoms with Crippen LogP contribution in [0.2, 0.25) is 0 Å². The highest BCUT2D eigenvalue weighted by molar-refractivity contribution is 7.92. The van der Waals surface area contributed by atoms with Gasteiger partial charge in [-0.1, -0.05) is 67.1 Å². The van der Waals surface area contributed by atoms with Crippen molar-refractivity contribution in [2.75, 3.05) is 24.4 Å². The SMILES string of the molecule is N#Cc1ccc(Cc2nc3cc(NS(=O)(=O)c4ccccc4CCCN4CCCCC4)ccc3n2Cc2ccccc2)cc1. The lowest BCUT2D eigenvalue weighted by atomic mass is 10.1. The van der Waals surface area contributed by atoms with Gasteiger partial charge in [-0.2, -0.15) is 5.26 Å². The number of nitrogens with zero attached hydrogens (tertiary/aromatic N) is 4. The average molecular weight is 604 g/mol. The van der Waals surface area contributed by atoms with E-state index in [1.165, 1.54) is 19.3 Å². The third kappa shape index (κ3) is 7.02. The zero-order chi connectivity index (χ0) is 30.4. The molecule has 0 amide bonds. The molecule has 0 atom stereocenters. The second-order valence-electron chi connectivity index (χ2n) is 11.5. The lowest BCUT2D eigenvalue weighted by Gasteiger charge is -2.26. The molecule has 0 aliphatic carbocycles. The van der Waals surface area contributed by atoms with Crippen LogP contribution in [0, 0.1) is 11.3 Å². The van der Waals surface area contributed by atoms with Crippen LogP contribution in [0.5, 0.6) is 0 Å². The molecule has 0 unspecified atom stereocenters. The van der Waals surface area contributed by atoms with Crippen molar-refractivity contribution >= 4 is 26.7 Å². The van der Waals surface area contributed by atoms with Gasteiger partial charge in [0, 0.05) is 13.0 Å². The molecule has 1 N–H and O–H groups in total. The maximum absolute atomic E-state index is 13.7. The van der Waals surface area contributed by atoms with E-state index in [0.29, 0.717) is 29.1 Å². The number of piperidine rings is 1. The second kappa shape index (κ2) is 13.5. The Labute approximate surface area is 259 Å². The summed E-state index contributed by atoms with van der Waals surface area (Å²) in [6.07, 6.45) is 6.04. The van der Waals surface area contributed by atoms with E-state index in [-0.39, 0.29) is 0 Å². The van der Waals surface area contributed by atoms with Gasteiger partial charge in [-0.15, -0.1) is 0 Å². The number of nitrogens with one attached hydrogen (secondary N) is 1. The minimum atomic E-state index is -3.80. The van der Waals surface area contributed by atoms with E-state index in [9.17, 15) is 13.7 Å². The van der Waals surface area contributed by atoms with Crippen LogP contribution in [0.15, 0.2) is 102 Å². The van der Waals surface area contributed by atoms with E-state index >= 15 is 0 Å². The molecule has 7 nitrogen and oxygen atoms in total. The molecule has 0 bridgehead atoms. The highest BCUT2D eigenvalue weighted by Gasteiger charge is 2.20. The summed E-state index contributed by atoms with van der Waals surface area (Å²) in [5.41, 5.74) is 5.79. The molecule has 1 aromatic heterocycles. The summed E-state index contributed by atoms with van der Waals surface area (Å²) in [5.74, 6) is 0.868. The van der Waals surface area contributed by atoms with E-state index in [2.05, 4.69) is 32.4 Å². The molecule has 44 heavy (non-hydrogen) atoms. The predicted octanol–water partition coefficient (Wildman–Crippen LogP) is 6.77. The molecule has 6 rings (SSSR count). The van der Waals surface area contributed by atoms with Crippen molar-refractivity contribution in [1.82, 2.24) is 14.5 Å². The van der Waals surface area contributed by atoms with Gasteiger partial charge in [0.15, 0.2) is 0 Å². The van der Waals surface area contributed by atoms with E-state index in [1.54, 1.807) is 12.1 Å². The van der Waals surface area contributed by atoms with E-state index in [0.717, 1.165) is 66.0 Å². The van der Waals surface area contributed by atoms with E-state index in [1.807, 2.05) is 72.8 Å². The number of sulfonamides is 1. The highest BCUT2D eigenvalue weighted by Crippen LogP contribution is 2.27. The molecule has 4 aromatic carbocycles. The summed E-state index contributed by atoms with van der Waals surface area (Å²) in [7, 11) is -3.80. The number of rotatable bonds is 11. The minimum Gasteiger partial charge on any atom is -0.323 e. The Bertz CT molecular complexity index is 1870. The number of fused-ring (bicyclic) bond motifs is 1. The first-order chi connectivity index (χ1) is 21.5. The number of benzene rings is 4. The Morgan fingerprint density at radius 1 is 0.841 bits per heavy atom. The van der Waals surface area contributed by atoms with Gasteiger partial charge in [-0.25, -0.2) is 13.4 Å². The van der Waals surface area contributed by atoms with Crippen molar-refractivity contribution in [2.45, 2.75) is 50.0 Å². The maximum Gasteiger partial charge on any atom is 0.262 e. The molecule has 1 aliphatic rings. The van der Waals surface area contributed by atoms with Crippen LogP contribution in [0.3, 0.4) is 0 Å². The molecule has 1 fully saturated rings. The number of likely N-dealkylation sites (tertiary alicyclic amines) is 1. The second-order valence-corrected chi connectivity index (χ2v) is 13.2. The van der Waals surface area contributed by atoms with Crippen molar-refractivity contribution in [1.29, 1.82) is 5.26 Å². The fourth-order valence-electron chi connectivity index (χ4n) is 6.06. The van der Waals surface area contributed by atoms with Crippen LogP contribution in [0.4, 0.5) is 5.69 Å². The average Bonchev–Trinajstić information content (AvgIpc) is 3.37. The number of aryl methyl sites for hydroxylation is 1. The highest BCUT2D eigenvalue weighted by atomic mass is 32.2. The normalized spacial score (nSPS) is 14.0. The Kier molecular flexibility index (Phi) is 9.06. The van der Waals surface area contributed by atoms with E-state index in [4.69, 9.17) is 4.98 Å². The molecule has 1 aliphatic heterocycles. The monoisotopic (exact) mass is 603 g/mol. The van der Waals surface area contributed by atoms with Crippen LogP contribution in [0.25, 0.3) is 11.0 Å². The molecule has 1 saturated heterocycles. The summed E-state index contributed by atoms with van der Waals surface area (Å²) in [4.78, 5) is 7.79. The summed E-state index contributed by atoms with van der Waals surface area (Å²) in [6, 6.07) is 32.8. The summed E-state index contributed by atoms with van der Waals surface area (Å²) in [5, 5.41) is 9.19. The van der Waals surface area contributed by atoms with Crippen molar-refractivity contribution < 1.29 is 8.42 Å². The van der Waals surface area contributed by atoms with Crippen LogP contribution >= 0.6 is 0 Å².